The molecule has 1 N–H and O–H groups in total. The normalized spacial score (nSPS) is 29.4. The van der Waals surface area contributed by atoms with Gasteiger partial charge in [0.1, 0.15) is 0 Å². The Morgan fingerprint density at radius 1 is 1.23 bits per heavy atom. The van der Waals surface area contributed by atoms with Crippen molar-refractivity contribution in [3.8, 4) is 0 Å². The van der Waals surface area contributed by atoms with E-state index in [-0.39, 0.29) is 6.10 Å². The molecule has 0 radical (unpaired) electrons. The first-order valence-corrected chi connectivity index (χ1v) is 4.69. The highest BCUT2D eigenvalue weighted by atomic mass is 16.3. The van der Waals surface area contributed by atoms with Crippen molar-refractivity contribution in [3.05, 3.63) is 35.9 Å². The molecule has 0 saturated carbocycles. The maximum absolute atomic E-state index is 9.77. The van der Waals surface area contributed by atoms with E-state index < -0.39 is 0 Å². The third-order valence-corrected chi connectivity index (χ3v) is 2.70. The smallest absolute Gasteiger partial charge is 0.0747 e. The lowest BCUT2D eigenvalue weighted by Crippen LogP contribution is -2.16. The van der Waals surface area contributed by atoms with Crippen LogP contribution in [0.15, 0.2) is 30.3 Å². The first-order valence-electron chi connectivity index (χ1n) is 4.69. The van der Waals surface area contributed by atoms with Crippen LogP contribution in [-0.2, 0) is 0 Å². The van der Waals surface area contributed by atoms with Crippen LogP contribution < -0.4 is 0 Å². The maximum Gasteiger partial charge on any atom is 0.0747 e. The first-order chi connectivity index (χ1) is 6.27. The van der Waals surface area contributed by atoms with Gasteiger partial charge in [-0.3, -0.25) is 0 Å². The van der Waals surface area contributed by atoms with Crippen LogP contribution in [-0.4, -0.2) is 36.2 Å². The Bertz CT molecular complexity index is 273. The molecule has 1 aliphatic heterocycles. The number of likely N-dealkylation sites (N-methyl/N-ethyl adjacent to an activating group) is 1. The molecule has 1 fully saturated rings. The van der Waals surface area contributed by atoms with Crippen LogP contribution >= 0.6 is 0 Å². The minimum Gasteiger partial charge on any atom is -0.391 e. The van der Waals surface area contributed by atoms with Gasteiger partial charge in [0.15, 0.2) is 0 Å². The molecule has 0 spiro atoms. The summed E-state index contributed by atoms with van der Waals surface area (Å²) in [5, 5.41) is 9.77. The van der Waals surface area contributed by atoms with Gasteiger partial charge in [-0.15, -0.1) is 0 Å². The molecule has 1 heterocycles. The summed E-state index contributed by atoms with van der Waals surface area (Å²) in [6, 6.07) is 10.2. The second-order valence-corrected chi connectivity index (χ2v) is 3.81. The summed E-state index contributed by atoms with van der Waals surface area (Å²) in [7, 11) is 2.05. The largest absolute Gasteiger partial charge is 0.391 e. The molecule has 0 aliphatic carbocycles. The van der Waals surface area contributed by atoms with Crippen molar-refractivity contribution < 1.29 is 5.11 Å². The molecule has 1 saturated heterocycles. The lowest BCUT2D eigenvalue weighted by atomic mass is 9.96. The molecule has 0 unspecified atom stereocenters. The monoisotopic (exact) mass is 177 g/mol. The predicted molar refractivity (Wildman–Crippen MR) is 52.7 cm³/mol. The van der Waals surface area contributed by atoms with Gasteiger partial charge in [-0.25, -0.2) is 0 Å². The number of β-amino-alcohol motifs (C(OH)–C–C–N with tert-alkyl or cyclic N) is 1. The number of benzene rings is 1. The van der Waals surface area contributed by atoms with Crippen molar-refractivity contribution in [1.29, 1.82) is 0 Å². The van der Waals surface area contributed by atoms with E-state index in [2.05, 4.69) is 17.0 Å². The van der Waals surface area contributed by atoms with E-state index in [4.69, 9.17) is 0 Å². The fourth-order valence-corrected chi connectivity index (χ4v) is 2.01. The Morgan fingerprint density at radius 3 is 2.46 bits per heavy atom. The van der Waals surface area contributed by atoms with Gasteiger partial charge in [0.05, 0.1) is 6.10 Å². The molecule has 1 aromatic rings. The molecule has 2 nitrogen and oxygen atoms in total. The Kier molecular flexibility index (Phi) is 2.34. The van der Waals surface area contributed by atoms with Gasteiger partial charge >= 0.3 is 0 Å². The van der Waals surface area contributed by atoms with Gasteiger partial charge in [0, 0.05) is 19.0 Å². The number of likely N-dealkylation sites (tertiary alicyclic amines) is 1. The number of nitrogens with zero attached hydrogens (tertiary/aromatic N) is 1. The standard InChI is InChI=1S/C11H15NO/c1-12-7-10(11(13)8-12)9-5-3-2-4-6-9/h2-6,10-11,13H,7-8H2,1H3/t10-,11+/m1/s1. The van der Waals surface area contributed by atoms with Crippen LogP contribution in [0.3, 0.4) is 0 Å². The van der Waals surface area contributed by atoms with Gasteiger partial charge in [-0.1, -0.05) is 30.3 Å². The highest BCUT2D eigenvalue weighted by Gasteiger charge is 2.29. The Balaban J connectivity index is 2.18. The topological polar surface area (TPSA) is 23.5 Å². The summed E-state index contributed by atoms with van der Waals surface area (Å²) in [6.45, 7) is 1.75. The predicted octanol–water partition coefficient (Wildman–Crippen LogP) is 1.08. The van der Waals surface area contributed by atoms with Gasteiger partial charge in [0.2, 0.25) is 0 Å². The SMILES string of the molecule is CN1C[C@H](c2ccccc2)[C@@H](O)C1. The maximum atomic E-state index is 9.77. The molecular formula is C11H15NO. The lowest BCUT2D eigenvalue weighted by molar-refractivity contribution is 0.168. The minimum atomic E-state index is -0.201. The van der Waals surface area contributed by atoms with Crippen LogP contribution in [0.1, 0.15) is 11.5 Å². The molecule has 13 heavy (non-hydrogen) atoms. The molecule has 2 heteroatoms. The van der Waals surface area contributed by atoms with E-state index in [0.29, 0.717) is 5.92 Å². The number of rotatable bonds is 1. The van der Waals surface area contributed by atoms with Crippen LogP contribution in [0.4, 0.5) is 0 Å². The fraction of sp³-hybridized carbons (Fsp3) is 0.455. The quantitative estimate of drug-likeness (QED) is 0.693. The Labute approximate surface area is 78.8 Å². The minimum absolute atomic E-state index is 0.201. The van der Waals surface area contributed by atoms with Crippen LogP contribution in [0, 0.1) is 0 Å². The van der Waals surface area contributed by atoms with Crippen molar-refractivity contribution >= 4 is 0 Å². The second-order valence-electron chi connectivity index (χ2n) is 3.81. The Morgan fingerprint density at radius 2 is 1.92 bits per heavy atom. The molecule has 2 rings (SSSR count). The number of aliphatic hydroxyl groups excluding tert-OH is 1. The van der Waals surface area contributed by atoms with E-state index >= 15 is 0 Å². The molecule has 2 atom stereocenters. The Hall–Kier alpha value is -0.860. The summed E-state index contributed by atoms with van der Waals surface area (Å²) in [5.74, 6) is 0.297. The molecule has 0 amide bonds. The van der Waals surface area contributed by atoms with Gasteiger partial charge in [-0.05, 0) is 12.6 Å². The van der Waals surface area contributed by atoms with Gasteiger partial charge < -0.3 is 10.0 Å². The molecule has 0 bridgehead atoms. The zero-order valence-electron chi connectivity index (χ0n) is 7.85. The van der Waals surface area contributed by atoms with E-state index in [1.54, 1.807) is 0 Å². The summed E-state index contributed by atoms with van der Waals surface area (Å²) in [5.41, 5.74) is 1.25. The van der Waals surface area contributed by atoms with E-state index in [1.165, 1.54) is 5.56 Å². The molecule has 0 aromatic heterocycles. The van der Waals surface area contributed by atoms with Crippen LogP contribution in [0.2, 0.25) is 0 Å². The molecule has 1 aliphatic rings. The number of hydrogen-bond donors (Lipinski definition) is 1. The van der Waals surface area contributed by atoms with Crippen molar-refractivity contribution in [3.63, 3.8) is 0 Å². The van der Waals surface area contributed by atoms with Crippen molar-refractivity contribution in [2.24, 2.45) is 0 Å². The van der Waals surface area contributed by atoms with Crippen molar-refractivity contribution in [2.45, 2.75) is 12.0 Å². The third kappa shape index (κ3) is 1.74. The number of aliphatic hydroxyl groups is 1. The highest BCUT2D eigenvalue weighted by Crippen LogP contribution is 2.26. The van der Waals surface area contributed by atoms with Crippen molar-refractivity contribution in [2.75, 3.05) is 20.1 Å². The van der Waals surface area contributed by atoms with Crippen LogP contribution in [0.25, 0.3) is 0 Å². The average Bonchev–Trinajstić information content (AvgIpc) is 2.47. The zero-order chi connectivity index (χ0) is 9.26. The summed E-state index contributed by atoms with van der Waals surface area (Å²) >= 11 is 0. The zero-order valence-corrected chi connectivity index (χ0v) is 7.85. The van der Waals surface area contributed by atoms with Gasteiger partial charge in [0.25, 0.3) is 0 Å². The molecular weight excluding hydrogens is 162 g/mol. The number of hydrogen-bond acceptors (Lipinski definition) is 2. The first kappa shape index (κ1) is 8.73. The third-order valence-electron chi connectivity index (χ3n) is 2.70. The second kappa shape index (κ2) is 3.48. The molecule has 70 valence electrons. The van der Waals surface area contributed by atoms with E-state index in [9.17, 15) is 5.11 Å². The van der Waals surface area contributed by atoms with Crippen LogP contribution in [0.5, 0.6) is 0 Å². The van der Waals surface area contributed by atoms with Crippen molar-refractivity contribution in [1.82, 2.24) is 4.90 Å². The lowest BCUT2D eigenvalue weighted by Gasteiger charge is -2.13. The van der Waals surface area contributed by atoms with E-state index in [0.717, 1.165) is 13.1 Å². The molecule has 1 aromatic carbocycles. The summed E-state index contributed by atoms with van der Waals surface area (Å²) in [4.78, 5) is 2.17. The van der Waals surface area contributed by atoms with E-state index in [1.807, 2.05) is 25.2 Å². The summed E-state index contributed by atoms with van der Waals surface area (Å²) in [6.07, 6.45) is -0.201. The average molecular weight is 177 g/mol. The summed E-state index contributed by atoms with van der Waals surface area (Å²) < 4.78 is 0. The fourth-order valence-electron chi connectivity index (χ4n) is 2.01. The van der Waals surface area contributed by atoms with Gasteiger partial charge in [-0.2, -0.15) is 0 Å². The highest BCUT2D eigenvalue weighted by molar-refractivity contribution is 5.22.